The zero-order valence-corrected chi connectivity index (χ0v) is 13.4. The molecule has 4 rings (SSSR count). The van der Waals surface area contributed by atoms with E-state index in [0.29, 0.717) is 28.9 Å². The van der Waals surface area contributed by atoms with E-state index in [-0.39, 0.29) is 17.1 Å². The van der Waals surface area contributed by atoms with Gasteiger partial charge in [0.2, 0.25) is 11.3 Å². The summed E-state index contributed by atoms with van der Waals surface area (Å²) in [6.45, 7) is 2.70. The molecule has 0 aliphatic carbocycles. The second-order valence-electron chi connectivity index (χ2n) is 5.61. The summed E-state index contributed by atoms with van der Waals surface area (Å²) < 4.78 is 20.3. The molecule has 124 valence electrons. The molecule has 0 aliphatic heterocycles. The Balaban J connectivity index is 1.87. The molecule has 0 N–H and O–H groups in total. The van der Waals surface area contributed by atoms with Gasteiger partial charge in [0.05, 0.1) is 5.52 Å². The second-order valence-corrected chi connectivity index (χ2v) is 5.61. The quantitative estimate of drug-likeness (QED) is 0.570. The maximum atomic E-state index is 13.0. The average molecular weight is 335 g/mol. The topological polar surface area (TPSA) is 60.9 Å². The molecule has 0 radical (unpaired) electrons. The van der Waals surface area contributed by atoms with Gasteiger partial charge in [-0.25, -0.2) is 4.39 Å². The molecule has 2 heterocycles. The van der Waals surface area contributed by atoms with E-state index in [1.165, 1.54) is 12.1 Å². The molecule has 0 bridgehead atoms. The average Bonchev–Trinajstić information content (AvgIpc) is 3.13. The van der Waals surface area contributed by atoms with E-state index < -0.39 is 0 Å². The highest BCUT2D eigenvalue weighted by molar-refractivity contribution is 5.82. The predicted molar refractivity (Wildman–Crippen MR) is 92.6 cm³/mol. The van der Waals surface area contributed by atoms with E-state index >= 15 is 0 Å². The van der Waals surface area contributed by atoms with Crippen molar-refractivity contribution in [3.05, 3.63) is 70.8 Å². The molecule has 0 saturated carbocycles. The van der Waals surface area contributed by atoms with Gasteiger partial charge in [0.1, 0.15) is 11.4 Å². The van der Waals surface area contributed by atoms with Gasteiger partial charge in [-0.05, 0) is 43.3 Å². The van der Waals surface area contributed by atoms with Crippen molar-refractivity contribution >= 4 is 10.9 Å². The SMILES string of the molecule is CCn1cc(-c2nc(-c3ccc(F)cc3)no2)c(=O)c2ccccc21. The van der Waals surface area contributed by atoms with Crippen LogP contribution >= 0.6 is 0 Å². The third-order valence-electron chi connectivity index (χ3n) is 4.09. The van der Waals surface area contributed by atoms with Crippen LogP contribution in [-0.2, 0) is 6.54 Å². The number of fused-ring (bicyclic) bond motifs is 1. The smallest absolute Gasteiger partial charge is 0.263 e. The lowest BCUT2D eigenvalue weighted by atomic mass is 10.1. The van der Waals surface area contributed by atoms with Gasteiger partial charge in [0.15, 0.2) is 0 Å². The Kier molecular flexibility index (Phi) is 3.65. The Morgan fingerprint density at radius 3 is 2.64 bits per heavy atom. The van der Waals surface area contributed by atoms with Crippen molar-refractivity contribution in [2.24, 2.45) is 0 Å². The summed E-state index contributed by atoms with van der Waals surface area (Å²) in [4.78, 5) is 17.1. The van der Waals surface area contributed by atoms with Crippen LogP contribution in [0.5, 0.6) is 0 Å². The fraction of sp³-hybridized carbons (Fsp3) is 0.105. The van der Waals surface area contributed by atoms with Crippen LogP contribution in [0.15, 0.2) is 64.0 Å². The lowest BCUT2D eigenvalue weighted by molar-refractivity contribution is 0.431. The first-order chi connectivity index (χ1) is 12.2. The molecule has 0 amide bonds. The fourth-order valence-electron chi connectivity index (χ4n) is 2.81. The summed E-state index contributed by atoms with van der Waals surface area (Å²) in [5, 5.41) is 4.51. The zero-order chi connectivity index (χ0) is 17.4. The molecule has 0 spiro atoms. The Morgan fingerprint density at radius 1 is 1.12 bits per heavy atom. The van der Waals surface area contributed by atoms with Gasteiger partial charge in [-0.2, -0.15) is 4.98 Å². The Hall–Kier alpha value is -3.28. The third kappa shape index (κ3) is 2.61. The van der Waals surface area contributed by atoms with Gasteiger partial charge in [-0.3, -0.25) is 4.79 Å². The van der Waals surface area contributed by atoms with Gasteiger partial charge in [0.25, 0.3) is 5.89 Å². The largest absolute Gasteiger partial charge is 0.347 e. The second kappa shape index (κ2) is 5.98. The minimum absolute atomic E-state index is 0.150. The van der Waals surface area contributed by atoms with Gasteiger partial charge >= 0.3 is 0 Å². The van der Waals surface area contributed by atoms with Crippen LogP contribution in [0.1, 0.15) is 6.92 Å². The molecular weight excluding hydrogens is 321 g/mol. The molecule has 6 heteroatoms. The number of aryl methyl sites for hydroxylation is 1. The summed E-state index contributed by atoms with van der Waals surface area (Å²) >= 11 is 0. The van der Waals surface area contributed by atoms with Crippen LogP contribution in [0, 0.1) is 5.82 Å². The van der Waals surface area contributed by atoms with E-state index in [0.717, 1.165) is 5.52 Å². The van der Waals surface area contributed by atoms with Crippen LogP contribution in [0.3, 0.4) is 0 Å². The number of benzene rings is 2. The first-order valence-corrected chi connectivity index (χ1v) is 7.89. The number of pyridine rings is 1. The maximum absolute atomic E-state index is 13.0. The first-order valence-electron chi connectivity index (χ1n) is 7.89. The van der Waals surface area contributed by atoms with Crippen molar-refractivity contribution in [1.82, 2.24) is 14.7 Å². The Labute approximate surface area is 142 Å². The third-order valence-corrected chi connectivity index (χ3v) is 4.09. The molecule has 0 fully saturated rings. The molecule has 2 aromatic carbocycles. The molecule has 0 unspecified atom stereocenters. The van der Waals surface area contributed by atoms with Crippen LogP contribution in [0.2, 0.25) is 0 Å². The minimum Gasteiger partial charge on any atom is -0.347 e. The summed E-state index contributed by atoms with van der Waals surface area (Å²) in [6.07, 6.45) is 1.73. The zero-order valence-electron chi connectivity index (χ0n) is 13.4. The molecule has 4 aromatic rings. The summed E-state index contributed by atoms with van der Waals surface area (Å²) in [5.74, 6) is 0.121. The monoisotopic (exact) mass is 335 g/mol. The molecule has 2 aromatic heterocycles. The fourth-order valence-corrected chi connectivity index (χ4v) is 2.81. The number of hydrogen-bond acceptors (Lipinski definition) is 4. The standard InChI is InChI=1S/C19H14FN3O2/c1-2-23-11-15(17(24)14-5-3-4-6-16(14)23)19-21-18(22-25-19)12-7-9-13(20)10-8-12/h3-11H,2H2,1H3. The first kappa shape index (κ1) is 15.3. The van der Waals surface area contributed by atoms with E-state index in [1.807, 2.05) is 29.7 Å². The van der Waals surface area contributed by atoms with E-state index in [1.54, 1.807) is 24.4 Å². The van der Waals surface area contributed by atoms with Crippen LogP contribution in [-0.4, -0.2) is 14.7 Å². The molecule has 25 heavy (non-hydrogen) atoms. The van der Waals surface area contributed by atoms with Gasteiger partial charge < -0.3 is 9.09 Å². The van der Waals surface area contributed by atoms with Crippen LogP contribution in [0.25, 0.3) is 33.7 Å². The number of rotatable bonds is 3. The molecule has 0 atom stereocenters. The number of nitrogens with zero attached hydrogens (tertiary/aromatic N) is 3. The molecule has 0 aliphatic rings. The van der Waals surface area contributed by atoms with Crippen molar-refractivity contribution in [3.8, 4) is 22.8 Å². The highest BCUT2D eigenvalue weighted by atomic mass is 19.1. The Bertz CT molecular complexity index is 1110. The number of aromatic nitrogens is 3. The van der Waals surface area contributed by atoms with Gasteiger partial charge in [-0.1, -0.05) is 17.3 Å². The lowest BCUT2D eigenvalue weighted by Gasteiger charge is -2.09. The van der Waals surface area contributed by atoms with Crippen LogP contribution in [0.4, 0.5) is 4.39 Å². The van der Waals surface area contributed by atoms with E-state index in [9.17, 15) is 9.18 Å². The van der Waals surface area contributed by atoms with Crippen molar-refractivity contribution in [2.45, 2.75) is 13.5 Å². The van der Waals surface area contributed by atoms with Gasteiger partial charge in [0, 0.05) is 23.7 Å². The molecule has 0 saturated heterocycles. The van der Waals surface area contributed by atoms with E-state index in [4.69, 9.17) is 4.52 Å². The van der Waals surface area contributed by atoms with Crippen molar-refractivity contribution in [2.75, 3.05) is 0 Å². The van der Waals surface area contributed by atoms with Crippen molar-refractivity contribution in [3.63, 3.8) is 0 Å². The summed E-state index contributed by atoms with van der Waals surface area (Å²) in [5.41, 5.74) is 1.67. The lowest BCUT2D eigenvalue weighted by Crippen LogP contribution is -2.11. The summed E-state index contributed by atoms with van der Waals surface area (Å²) in [7, 11) is 0. The highest BCUT2D eigenvalue weighted by Gasteiger charge is 2.16. The maximum Gasteiger partial charge on any atom is 0.263 e. The van der Waals surface area contributed by atoms with Gasteiger partial charge in [-0.15, -0.1) is 0 Å². The highest BCUT2D eigenvalue weighted by Crippen LogP contribution is 2.22. The summed E-state index contributed by atoms with van der Waals surface area (Å²) in [6, 6.07) is 13.2. The number of halogens is 1. The predicted octanol–water partition coefficient (Wildman–Crippen LogP) is 3.88. The minimum atomic E-state index is -0.340. The van der Waals surface area contributed by atoms with Crippen molar-refractivity contribution in [1.29, 1.82) is 0 Å². The van der Waals surface area contributed by atoms with E-state index in [2.05, 4.69) is 10.1 Å². The van der Waals surface area contributed by atoms with Crippen molar-refractivity contribution < 1.29 is 8.91 Å². The molecule has 5 nitrogen and oxygen atoms in total. The number of hydrogen-bond donors (Lipinski definition) is 0. The Morgan fingerprint density at radius 2 is 1.88 bits per heavy atom. The molecular formula is C19H14FN3O2. The number of para-hydroxylation sites is 1. The van der Waals surface area contributed by atoms with Crippen LogP contribution < -0.4 is 5.43 Å². The normalized spacial score (nSPS) is 11.1.